The summed E-state index contributed by atoms with van der Waals surface area (Å²) in [7, 11) is 0. The minimum absolute atomic E-state index is 0.339. The van der Waals surface area contributed by atoms with Gasteiger partial charge in [-0.05, 0) is 149 Å². The predicted molar refractivity (Wildman–Crippen MR) is 223 cm³/mol. The third-order valence-electron chi connectivity index (χ3n) is 13.4. The van der Waals surface area contributed by atoms with Crippen LogP contribution in [-0.2, 0) is 5.41 Å². The lowest BCUT2D eigenvalue weighted by Crippen LogP contribution is -2.49. The lowest BCUT2D eigenvalue weighted by atomic mass is 9.49. The molecular weight excluding hydrogens is 641 g/mol. The Morgan fingerprint density at radius 2 is 1.23 bits per heavy atom. The van der Waals surface area contributed by atoms with Gasteiger partial charge in [-0.3, -0.25) is 0 Å². The largest absolute Gasteiger partial charge is 0.310 e. The predicted octanol–water partition coefficient (Wildman–Crippen LogP) is 13.8. The van der Waals surface area contributed by atoms with E-state index in [4.69, 9.17) is 0 Å². The fourth-order valence-electron chi connectivity index (χ4n) is 11.3. The molecule has 1 heterocycles. The number of aromatic nitrogens is 1. The molecule has 258 valence electrons. The van der Waals surface area contributed by atoms with Crippen LogP contribution in [0.25, 0.3) is 49.4 Å². The normalized spacial score (nSPS) is 23.3. The summed E-state index contributed by atoms with van der Waals surface area (Å²) < 4.78 is 2.40. The highest BCUT2D eigenvalue weighted by atomic mass is 15.1. The molecule has 1 aromatic heterocycles. The van der Waals surface area contributed by atoms with E-state index in [1.54, 1.807) is 5.56 Å². The van der Waals surface area contributed by atoms with Crippen molar-refractivity contribution in [1.82, 2.24) is 4.57 Å². The number of hydrogen-bond acceptors (Lipinski definition) is 1. The van der Waals surface area contributed by atoms with Crippen LogP contribution in [0.2, 0.25) is 0 Å². The van der Waals surface area contributed by atoms with Crippen molar-refractivity contribution in [2.24, 2.45) is 23.7 Å². The lowest BCUT2D eigenvalue weighted by Gasteiger charge is -2.55. The van der Waals surface area contributed by atoms with Crippen LogP contribution in [0.5, 0.6) is 0 Å². The molecule has 3 aliphatic carbocycles. The Morgan fingerprint density at radius 3 is 2.04 bits per heavy atom. The van der Waals surface area contributed by atoms with E-state index in [-0.39, 0.29) is 0 Å². The van der Waals surface area contributed by atoms with Crippen LogP contribution in [-0.4, -0.2) is 4.57 Å². The second-order valence-corrected chi connectivity index (χ2v) is 16.5. The van der Waals surface area contributed by atoms with Crippen molar-refractivity contribution in [3.8, 4) is 16.8 Å². The van der Waals surface area contributed by atoms with E-state index in [9.17, 15) is 0 Å². The first-order valence-electron chi connectivity index (χ1n) is 19.7. The third kappa shape index (κ3) is 4.92. The van der Waals surface area contributed by atoms with Gasteiger partial charge in [-0.2, -0.15) is 0 Å². The molecule has 2 nitrogen and oxygen atoms in total. The summed E-state index contributed by atoms with van der Waals surface area (Å²) in [5, 5.41) is 5.10. The van der Waals surface area contributed by atoms with E-state index in [2.05, 4.69) is 180 Å². The highest BCUT2D eigenvalue weighted by Gasteiger charge is 2.60. The molecule has 5 atom stereocenters. The maximum atomic E-state index is 2.56. The third-order valence-corrected chi connectivity index (χ3v) is 13.4. The summed E-state index contributed by atoms with van der Waals surface area (Å²) in [5.41, 5.74) is 11.6. The SMILES string of the molecule is C[C@H]1CC2CC3[C@@H](C2)CC3(c2cccc(N(c3ccc(-c4cccc(-n5c6ccccc6c6ccccc65)c4)cc3)c3ccc4ccccc4c3)c2)C1. The standard InChI is InChI=1S/C51H44N2/c1-34-26-35-27-40-33-51(32-34,48(40)28-35)41-13-9-15-44(31-41)52(45-25-22-36-10-2-3-11-38(36)30-45)42-23-20-37(21-24-42)39-12-8-14-43(29-39)53-49-18-6-4-16-46(49)47-17-5-7-19-50(47)53/h2-25,29-31,34-35,40,48H,26-28,32-33H2,1H3/t34-,35?,40-,48?,51?/m0/s1. The van der Waals surface area contributed by atoms with E-state index in [0.717, 1.165) is 23.7 Å². The second kappa shape index (κ2) is 12.0. The fraction of sp³-hybridized carbons (Fsp3) is 0.216. The van der Waals surface area contributed by atoms with Crippen molar-refractivity contribution in [2.45, 2.75) is 44.4 Å². The first-order valence-corrected chi connectivity index (χ1v) is 19.7. The van der Waals surface area contributed by atoms with Gasteiger partial charge in [0, 0.05) is 33.5 Å². The molecule has 0 N–H and O–H groups in total. The van der Waals surface area contributed by atoms with E-state index >= 15 is 0 Å². The summed E-state index contributed by atoms with van der Waals surface area (Å²) in [6.07, 6.45) is 7.04. The van der Waals surface area contributed by atoms with Crippen LogP contribution in [0, 0.1) is 23.7 Å². The average Bonchev–Trinajstić information content (AvgIpc) is 3.68. The van der Waals surface area contributed by atoms with Gasteiger partial charge in [0.1, 0.15) is 0 Å². The number of rotatable bonds is 6. The second-order valence-electron chi connectivity index (χ2n) is 16.5. The molecule has 0 amide bonds. The van der Waals surface area contributed by atoms with Crippen molar-refractivity contribution >= 4 is 49.6 Å². The summed E-state index contributed by atoms with van der Waals surface area (Å²) in [6, 6.07) is 61.1. The molecule has 0 saturated heterocycles. The monoisotopic (exact) mass is 684 g/mol. The number of anilines is 3. The van der Waals surface area contributed by atoms with Crippen molar-refractivity contribution in [3.63, 3.8) is 0 Å². The summed E-state index contributed by atoms with van der Waals surface area (Å²) in [4.78, 5) is 2.48. The molecule has 8 aromatic rings. The Labute approximate surface area is 312 Å². The van der Waals surface area contributed by atoms with Crippen molar-refractivity contribution in [1.29, 1.82) is 0 Å². The van der Waals surface area contributed by atoms with Crippen LogP contribution < -0.4 is 4.90 Å². The minimum Gasteiger partial charge on any atom is -0.310 e. The van der Waals surface area contributed by atoms with Crippen LogP contribution in [0.4, 0.5) is 17.1 Å². The quantitative estimate of drug-likeness (QED) is 0.169. The van der Waals surface area contributed by atoms with Gasteiger partial charge in [-0.1, -0.05) is 110 Å². The summed E-state index contributed by atoms with van der Waals surface area (Å²) in [5.74, 6) is 3.54. The van der Waals surface area contributed by atoms with Gasteiger partial charge in [-0.25, -0.2) is 0 Å². The van der Waals surface area contributed by atoms with Crippen LogP contribution >= 0.6 is 0 Å². The van der Waals surface area contributed by atoms with Crippen LogP contribution in [0.1, 0.15) is 44.6 Å². The molecule has 3 fully saturated rings. The molecular formula is C51H44N2. The van der Waals surface area contributed by atoms with E-state index < -0.39 is 0 Å². The Kier molecular flexibility index (Phi) is 6.99. The highest BCUT2D eigenvalue weighted by Crippen LogP contribution is 2.67. The first-order chi connectivity index (χ1) is 26.1. The Balaban J connectivity index is 0.997. The van der Waals surface area contributed by atoms with Gasteiger partial charge in [0.05, 0.1) is 11.0 Å². The van der Waals surface area contributed by atoms with Gasteiger partial charge in [0.25, 0.3) is 0 Å². The van der Waals surface area contributed by atoms with E-state index in [1.807, 2.05) is 0 Å². The number of fused-ring (bicyclic) bond motifs is 5. The number of nitrogens with zero attached hydrogens (tertiary/aromatic N) is 2. The smallest absolute Gasteiger partial charge is 0.0541 e. The van der Waals surface area contributed by atoms with Crippen molar-refractivity contribution in [3.05, 3.63) is 169 Å². The highest BCUT2D eigenvalue weighted by molar-refractivity contribution is 6.09. The summed E-state index contributed by atoms with van der Waals surface area (Å²) >= 11 is 0. The molecule has 2 heteroatoms. The topological polar surface area (TPSA) is 8.17 Å². The molecule has 3 unspecified atom stereocenters. The molecule has 0 aliphatic heterocycles. The molecule has 0 spiro atoms. The van der Waals surface area contributed by atoms with Gasteiger partial charge in [0.15, 0.2) is 0 Å². The Bertz CT molecular complexity index is 2610. The Hall–Kier alpha value is -5.60. The fourth-order valence-corrected chi connectivity index (χ4v) is 11.3. The number of benzene rings is 7. The summed E-state index contributed by atoms with van der Waals surface area (Å²) in [6.45, 7) is 2.52. The van der Waals surface area contributed by atoms with E-state index in [1.165, 1.54) is 98.6 Å². The minimum atomic E-state index is 0.339. The zero-order valence-corrected chi connectivity index (χ0v) is 30.3. The van der Waals surface area contributed by atoms with Crippen molar-refractivity contribution in [2.75, 3.05) is 4.90 Å². The maximum Gasteiger partial charge on any atom is 0.0541 e. The van der Waals surface area contributed by atoms with Gasteiger partial charge < -0.3 is 9.47 Å². The van der Waals surface area contributed by atoms with Crippen LogP contribution in [0.15, 0.2) is 164 Å². The lowest BCUT2D eigenvalue weighted by molar-refractivity contribution is 0.0346. The molecule has 11 rings (SSSR count). The van der Waals surface area contributed by atoms with Gasteiger partial charge in [-0.15, -0.1) is 0 Å². The zero-order valence-electron chi connectivity index (χ0n) is 30.3. The zero-order chi connectivity index (χ0) is 35.1. The van der Waals surface area contributed by atoms with Gasteiger partial charge >= 0.3 is 0 Å². The molecule has 3 saturated carbocycles. The molecule has 3 aliphatic rings. The van der Waals surface area contributed by atoms with Crippen LogP contribution in [0.3, 0.4) is 0 Å². The maximum absolute atomic E-state index is 2.56. The molecule has 2 bridgehead atoms. The Morgan fingerprint density at radius 1 is 0.528 bits per heavy atom. The van der Waals surface area contributed by atoms with Crippen molar-refractivity contribution < 1.29 is 0 Å². The molecule has 53 heavy (non-hydrogen) atoms. The van der Waals surface area contributed by atoms with Gasteiger partial charge in [0.2, 0.25) is 0 Å². The molecule has 7 aromatic carbocycles. The number of hydrogen-bond donors (Lipinski definition) is 0. The number of para-hydroxylation sites is 2. The van der Waals surface area contributed by atoms with E-state index in [0.29, 0.717) is 5.41 Å². The molecule has 0 radical (unpaired) electrons. The average molecular weight is 685 g/mol. The first kappa shape index (κ1) is 31.0.